The zero-order valence-corrected chi connectivity index (χ0v) is 14.4. The van der Waals surface area contributed by atoms with Crippen molar-refractivity contribution in [2.45, 2.75) is 43.1 Å². The first-order chi connectivity index (χ1) is 10.8. The average Bonchev–Trinajstić information content (AvgIpc) is 3.02. The van der Waals surface area contributed by atoms with Crippen LogP contribution in [-0.2, 0) is 11.2 Å². The molecular weight excluding hydrogens is 314 g/mol. The van der Waals surface area contributed by atoms with E-state index in [0.717, 1.165) is 33.9 Å². The summed E-state index contributed by atoms with van der Waals surface area (Å²) in [7, 11) is 0. The number of thioether (sulfide) groups is 1. The maximum Gasteiger partial charge on any atom is 0.210 e. The van der Waals surface area contributed by atoms with Crippen LogP contribution in [0.4, 0.5) is 10.8 Å². The van der Waals surface area contributed by atoms with E-state index in [1.165, 1.54) is 24.8 Å². The molecule has 1 aliphatic rings. The number of ether oxygens (including phenoxy) is 1. The Bertz CT molecular complexity index is 579. The molecular formula is C16H21N3OS2. The zero-order chi connectivity index (χ0) is 15.2. The summed E-state index contributed by atoms with van der Waals surface area (Å²) in [4.78, 5) is 0. The third kappa shape index (κ3) is 4.44. The zero-order valence-electron chi connectivity index (χ0n) is 12.7. The van der Waals surface area contributed by atoms with Gasteiger partial charge in [-0.05, 0) is 43.4 Å². The number of nitrogens with one attached hydrogen (secondary N) is 1. The Morgan fingerprint density at radius 1 is 1.27 bits per heavy atom. The first-order valence-corrected chi connectivity index (χ1v) is 9.57. The van der Waals surface area contributed by atoms with Crippen LogP contribution in [0.15, 0.2) is 28.6 Å². The first kappa shape index (κ1) is 15.8. The average molecular weight is 335 g/mol. The second-order valence-corrected chi connectivity index (χ2v) is 7.59. The summed E-state index contributed by atoms with van der Waals surface area (Å²) in [6, 6.07) is 8.45. The van der Waals surface area contributed by atoms with Crippen molar-refractivity contribution in [3.63, 3.8) is 0 Å². The van der Waals surface area contributed by atoms with Crippen molar-refractivity contribution in [3.8, 4) is 0 Å². The second kappa shape index (κ2) is 7.94. The van der Waals surface area contributed by atoms with Crippen molar-refractivity contribution in [2.75, 3.05) is 17.7 Å². The second-order valence-electron chi connectivity index (χ2n) is 5.35. The maximum atomic E-state index is 5.74. The Balaban J connectivity index is 1.51. The lowest BCUT2D eigenvalue weighted by molar-refractivity contribution is 0.0315. The highest BCUT2D eigenvalue weighted by molar-refractivity contribution is 8.01. The van der Waals surface area contributed by atoms with Crippen LogP contribution in [0.3, 0.4) is 0 Å². The number of aromatic nitrogens is 2. The van der Waals surface area contributed by atoms with Crippen LogP contribution >= 0.6 is 23.1 Å². The third-order valence-electron chi connectivity index (χ3n) is 3.69. The lowest BCUT2D eigenvalue weighted by Crippen LogP contribution is -2.21. The van der Waals surface area contributed by atoms with Crippen molar-refractivity contribution in [3.05, 3.63) is 29.8 Å². The van der Waals surface area contributed by atoms with Gasteiger partial charge in [0.2, 0.25) is 5.13 Å². The molecule has 1 saturated heterocycles. The summed E-state index contributed by atoms with van der Waals surface area (Å²) in [5.41, 5.74) is 2.40. The van der Waals surface area contributed by atoms with Gasteiger partial charge in [0.25, 0.3) is 0 Å². The van der Waals surface area contributed by atoms with E-state index < -0.39 is 0 Å². The van der Waals surface area contributed by atoms with Gasteiger partial charge in [-0.2, -0.15) is 0 Å². The van der Waals surface area contributed by atoms with Crippen LogP contribution in [0.2, 0.25) is 0 Å². The summed E-state index contributed by atoms with van der Waals surface area (Å²) in [6.07, 6.45) is 5.08. The summed E-state index contributed by atoms with van der Waals surface area (Å²) in [5.74, 6) is 0.972. The normalized spacial score (nSPS) is 18.3. The van der Waals surface area contributed by atoms with Gasteiger partial charge >= 0.3 is 0 Å². The molecule has 0 bridgehead atoms. The number of nitrogens with zero attached hydrogens (tertiary/aromatic N) is 2. The number of benzene rings is 1. The molecule has 2 aromatic rings. The van der Waals surface area contributed by atoms with Crippen LogP contribution in [0.5, 0.6) is 0 Å². The molecule has 1 aliphatic heterocycles. The third-order valence-corrected chi connectivity index (χ3v) is 5.79. The molecule has 1 atom stereocenters. The highest BCUT2D eigenvalue weighted by Crippen LogP contribution is 2.29. The monoisotopic (exact) mass is 335 g/mol. The molecule has 1 aromatic carbocycles. The standard InChI is InChI=1S/C16H21N3OS2/c1-2-12-6-8-13(9-7-12)17-15-18-19-16(22-15)21-11-14-5-3-4-10-20-14/h6-9,14H,2-5,10-11H2,1H3,(H,17,18)/t14-/m1/s1. The fourth-order valence-electron chi connectivity index (χ4n) is 2.37. The van der Waals surface area contributed by atoms with Gasteiger partial charge in [-0.25, -0.2) is 0 Å². The van der Waals surface area contributed by atoms with Gasteiger partial charge in [-0.1, -0.05) is 42.2 Å². The van der Waals surface area contributed by atoms with E-state index >= 15 is 0 Å². The van der Waals surface area contributed by atoms with E-state index in [4.69, 9.17) is 4.74 Å². The van der Waals surface area contributed by atoms with Crippen LogP contribution in [0.1, 0.15) is 31.7 Å². The van der Waals surface area contributed by atoms with Crippen LogP contribution < -0.4 is 5.32 Å². The van der Waals surface area contributed by atoms with E-state index in [2.05, 4.69) is 46.7 Å². The molecule has 6 heteroatoms. The molecule has 2 heterocycles. The molecule has 22 heavy (non-hydrogen) atoms. The van der Waals surface area contributed by atoms with Gasteiger partial charge in [-0.15, -0.1) is 10.2 Å². The molecule has 3 rings (SSSR count). The Labute approximate surface area is 139 Å². The Hall–Kier alpha value is -1.11. The molecule has 1 N–H and O–H groups in total. The molecule has 1 fully saturated rings. The van der Waals surface area contributed by atoms with Crippen molar-refractivity contribution >= 4 is 33.9 Å². The highest BCUT2D eigenvalue weighted by atomic mass is 32.2. The molecule has 0 saturated carbocycles. The lowest BCUT2D eigenvalue weighted by atomic mass is 10.1. The first-order valence-electron chi connectivity index (χ1n) is 7.77. The van der Waals surface area contributed by atoms with E-state index in [-0.39, 0.29) is 0 Å². The van der Waals surface area contributed by atoms with Gasteiger partial charge in [-0.3, -0.25) is 0 Å². The van der Waals surface area contributed by atoms with Crippen LogP contribution in [-0.4, -0.2) is 28.7 Å². The SMILES string of the molecule is CCc1ccc(Nc2nnc(SC[C@H]3CCCCO3)s2)cc1. The molecule has 0 radical (unpaired) electrons. The summed E-state index contributed by atoms with van der Waals surface area (Å²) in [6.45, 7) is 3.06. The van der Waals surface area contributed by atoms with Gasteiger partial charge in [0.15, 0.2) is 4.34 Å². The van der Waals surface area contributed by atoms with Gasteiger partial charge in [0.05, 0.1) is 6.10 Å². The van der Waals surface area contributed by atoms with E-state index in [1.54, 1.807) is 23.1 Å². The molecule has 0 unspecified atom stereocenters. The van der Waals surface area contributed by atoms with Gasteiger partial charge < -0.3 is 10.1 Å². The number of aryl methyl sites for hydroxylation is 1. The van der Waals surface area contributed by atoms with E-state index in [0.29, 0.717) is 6.10 Å². The van der Waals surface area contributed by atoms with Crippen LogP contribution in [0.25, 0.3) is 0 Å². The molecule has 0 spiro atoms. The lowest BCUT2D eigenvalue weighted by Gasteiger charge is -2.21. The van der Waals surface area contributed by atoms with E-state index in [1.807, 2.05) is 0 Å². The summed E-state index contributed by atoms with van der Waals surface area (Å²) < 4.78 is 6.75. The fraction of sp³-hybridized carbons (Fsp3) is 0.500. The molecule has 1 aromatic heterocycles. The molecule has 4 nitrogen and oxygen atoms in total. The minimum absolute atomic E-state index is 0.376. The summed E-state index contributed by atoms with van der Waals surface area (Å²) in [5, 5.41) is 12.6. The minimum Gasteiger partial charge on any atom is -0.377 e. The molecule has 118 valence electrons. The Kier molecular flexibility index (Phi) is 5.70. The quantitative estimate of drug-likeness (QED) is 0.787. The van der Waals surface area contributed by atoms with Crippen molar-refractivity contribution < 1.29 is 4.74 Å². The van der Waals surface area contributed by atoms with Crippen LogP contribution in [0, 0.1) is 0 Å². The number of rotatable bonds is 6. The number of hydrogen-bond acceptors (Lipinski definition) is 6. The molecule has 0 amide bonds. The van der Waals surface area contributed by atoms with Crippen molar-refractivity contribution in [1.29, 1.82) is 0 Å². The maximum absolute atomic E-state index is 5.74. The number of hydrogen-bond donors (Lipinski definition) is 1. The highest BCUT2D eigenvalue weighted by Gasteiger charge is 2.15. The smallest absolute Gasteiger partial charge is 0.210 e. The van der Waals surface area contributed by atoms with Crippen molar-refractivity contribution in [2.24, 2.45) is 0 Å². The number of anilines is 2. The Morgan fingerprint density at radius 3 is 2.86 bits per heavy atom. The predicted molar refractivity (Wildman–Crippen MR) is 93.3 cm³/mol. The Morgan fingerprint density at radius 2 is 2.14 bits per heavy atom. The fourth-order valence-corrected chi connectivity index (χ4v) is 4.23. The minimum atomic E-state index is 0.376. The predicted octanol–water partition coefficient (Wildman–Crippen LogP) is 4.51. The summed E-state index contributed by atoms with van der Waals surface area (Å²) >= 11 is 3.34. The van der Waals surface area contributed by atoms with Gasteiger partial charge in [0.1, 0.15) is 0 Å². The van der Waals surface area contributed by atoms with Crippen molar-refractivity contribution in [1.82, 2.24) is 10.2 Å². The van der Waals surface area contributed by atoms with E-state index in [9.17, 15) is 0 Å². The molecule has 0 aliphatic carbocycles. The largest absolute Gasteiger partial charge is 0.377 e. The van der Waals surface area contributed by atoms with Gasteiger partial charge in [0, 0.05) is 18.0 Å². The topological polar surface area (TPSA) is 47.0 Å².